The molecule has 0 N–H and O–H groups in total. The third kappa shape index (κ3) is 2.55. The summed E-state index contributed by atoms with van der Waals surface area (Å²) in [6, 6.07) is 8.52. The highest BCUT2D eigenvalue weighted by atomic mass is 16.1. The first kappa shape index (κ1) is 11.0. The first-order valence-electron chi connectivity index (χ1n) is 5.09. The smallest absolute Gasteiger partial charge is 0.267 e. The summed E-state index contributed by atoms with van der Waals surface area (Å²) < 4.78 is 1.37. The van der Waals surface area contributed by atoms with E-state index in [9.17, 15) is 4.79 Å². The second kappa shape index (κ2) is 4.58. The molecule has 0 spiro atoms. The van der Waals surface area contributed by atoms with Gasteiger partial charge < -0.3 is 0 Å². The monoisotopic (exact) mass is 226 g/mol. The predicted octanol–water partition coefficient (Wildman–Crippen LogP) is 0.867. The minimum Gasteiger partial charge on any atom is -0.268 e. The molecule has 2 heterocycles. The van der Waals surface area contributed by atoms with E-state index < -0.39 is 0 Å². The summed E-state index contributed by atoms with van der Waals surface area (Å²) in [6.07, 6.45) is 1.55. The number of hydrogen-bond acceptors (Lipinski definition) is 4. The van der Waals surface area contributed by atoms with Crippen molar-refractivity contribution in [2.24, 2.45) is 0 Å². The van der Waals surface area contributed by atoms with Crippen LogP contribution in [0.25, 0.3) is 0 Å². The van der Waals surface area contributed by atoms with Crippen molar-refractivity contribution in [3.63, 3.8) is 0 Å². The van der Waals surface area contributed by atoms with Crippen molar-refractivity contribution in [1.29, 1.82) is 5.26 Å². The SMILES string of the molecule is Cc1ccc(=O)n(Cc2ccnc(C#N)c2)n1. The molecule has 0 aromatic carbocycles. The molecular formula is C12H10N4O. The summed E-state index contributed by atoms with van der Waals surface area (Å²) in [6.45, 7) is 2.17. The molecule has 17 heavy (non-hydrogen) atoms. The number of nitrogens with zero attached hydrogens (tertiary/aromatic N) is 4. The Morgan fingerprint density at radius 1 is 1.41 bits per heavy atom. The van der Waals surface area contributed by atoms with E-state index in [0.717, 1.165) is 11.3 Å². The highest BCUT2D eigenvalue weighted by Crippen LogP contribution is 2.02. The Morgan fingerprint density at radius 2 is 2.24 bits per heavy atom. The number of nitriles is 1. The molecule has 0 saturated carbocycles. The Hall–Kier alpha value is -2.48. The fraction of sp³-hybridized carbons (Fsp3) is 0.167. The van der Waals surface area contributed by atoms with Gasteiger partial charge in [-0.15, -0.1) is 0 Å². The van der Waals surface area contributed by atoms with Crippen molar-refractivity contribution in [3.8, 4) is 6.07 Å². The molecule has 0 saturated heterocycles. The van der Waals surface area contributed by atoms with Gasteiger partial charge in [-0.25, -0.2) is 9.67 Å². The van der Waals surface area contributed by atoms with Crippen LogP contribution in [-0.4, -0.2) is 14.8 Å². The van der Waals surface area contributed by atoms with Gasteiger partial charge in [-0.2, -0.15) is 10.4 Å². The minimum absolute atomic E-state index is 0.161. The van der Waals surface area contributed by atoms with Gasteiger partial charge in [0.25, 0.3) is 5.56 Å². The second-order valence-corrected chi connectivity index (χ2v) is 3.63. The molecular weight excluding hydrogens is 216 g/mol. The molecule has 2 aromatic rings. The zero-order valence-corrected chi connectivity index (χ0v) is 9.29. The second-order valence-electron chi connectivity index (χ2n) is 3.63. The molecule has 0 amide bonds. The average Bonchev–Trinajstić information content (AvgIpc) is 2.34. The highest BCUT2D eigenvalue weighted by Gasteiger charge is 2.01. The van der Waals surface area contributed by atoms with Gasteiger partial charge in [0.1, 0.15) is 11.8 Å². The van der Waals surface area contributed by atoms with Crippen molar-refractivity contribution in [2.75, 3.05) is 0 Å². The van der Waals surface area contributed by atoms with Gasteiger partial charge in [0, 0.05) is 12.3 Å². The van der Waals surface area contributed by atoms with Crippen LogP contribution in [0.1, 0.15) is 17.0 Å². The Morgan fingerprint density at radius 3 is 3.00 bits per heavy atom. The van der Waals surface area contributed by atoms with Crippen LogP contribution in [0.3, 0.4) is 0 Å². The van der Waals surface area contributed by atoms with Crippen molar-refractivity contribution < 1.29 is 0 Å². The van der Waals surface area contributed by atoms with Gasteiger partial charge in [0.2, 0.25) is 0 Å². The van der Waals surface area contributed by atoms with E-state index in [2.05, 4.69) is 10.1 Å². The Kier molecular flexibility index (Phi) is 2.97. The third-order valence-electron chi connectivity index (χ3n) is 2.27. The largest absolute Gasteiger partial charge is 0.268 e. The van der Waals surface area contributed by atoms with E-state index in [-0.39, 0.29) is 5.56 Å². The zero-order valence-electron chi connectivity index (χ0n) is 9.29. The van der Waals surface area contributed by atoms with Gasteiger partial charge in [0.15, 0.2) is 0 Å². The zero-order chi connectivity index (χ0) is 12.3. The molecule has 84 valence electrons. The lowest BCUT2D eigenvalue weighted by atomic mass is 10.2. The molecule has 2 rings (SSSR count). The summed E-state index contributed by atoms with van der Waals surface area (Å²) in [5, 5.41) is 12.9. The molecule has 2 aromatic heterocycles. The lowest BCUT2D eigenvalue weighted by Gasteiger charge is -2.05. The number of pyridine rings is 1. The van der Waals surface area contributed by atoms with Crippen LogP contribution in [0, 0.1) is 18.3 Å². The van der Waals surface area contributed by atoms with E-state index >= 15 is 0 Å². The number of hydrogen-bond donors (Lipinski definition) is 0. The van der Waals surface area contributed by atoms with Gasteiger partial charge in [-0.3, -0.25) is 4.79 Å². The topological polar surface area (TPSA) is 71.6 Å². The molecule has 0 atom stereocenters. The molecule has 0 unspecified atom stereocenters. The van der Waals surface area contributed by atoms with Crippen LogP contribution in [0.15, 0.2) is 35.3 Å². The van der Waals surface area contributed by atoms with Gasteiger partial charge in [-0.05, 0) is 30.7 Å². The van der Waals surface area contributed by atoms with Gasteiger partial charge in [-0.1, -0.05) is 0 Å². The van der Waals surface area contributed by atoms with E-state index in [1.165, 1.54) is 10.7 Å². The number of aromatic nitrogens is 3. The molecule has 0 fully saturated rings. The molecule has 0 aliphatic heterocycles. The van der Waals surface area contributed by atoms with Crippen LogP contribution >= 0.6 is 0 Å². The van der Waals surface area contributed by atoms with Crippen LogP contribution in [-0.2, 0) is 6.54 Å². The van der Waals surface area contributed by atoms with Crippen molar-refractivity contribution >= 4 is 0 Å². The number of aryl methyl sites for hydroxylation is 1. The number of rotatable bonds is 2. The standard InChI is InChI=1S/C12H10N4O/c1-9-2-3-12(17)16(15-9)8-10-4-5-14-11(6-10)7-13/h2-6H,8H2,1H3. The first-order valence-corrected chi connectivity index (χ1v) is 5.09. The Bertz CT molecular complexity index is 639. The molecule has 0 bridgehead atoms. The summed E-state index contributed by atoms with van der Waals surface area (Å²) in [5.74, 6) is 0. The van der Waals surface area contributed by atoms with Crippen molar-refractivity contribution in [3.05, 3.63) is 57.8 Å². The summed E-state index contributed by atoms with van der Waals surface area (Å²) >= 11 is 0. The average molecular weight is 226 g/mol. The fourth-order valence-electron chi connectivity index (χ4n) is 1.47. The van der Waals surface area contributed by atoms with E-state index in [1.54, 1.807) is 24.4 Å². The Balaban J connectivity index is 2.35. The summed E-state index contributed by atoms with van der Waals surface area (Å²) in [7, 11) is 0. The summed E-state index contributed by atoms with van der Waals surface area (Å²) in [4.78, 5) is 15.4. The van der Waals surface area contributed by atoms with Gasteiger partial charge >= 0.3 is 0 Å². The predicted molar refractivity (Wildman–Crippen MR) is 61.3 cm³/mol. The molecule has 5 nitrogen and oxygen atoms in total. The van der Waals surface area contributed by atoms with Gasteiger partial charge in [0.05, 0.1) is 12.2 Å². The van der Waals surface area contributed by atoms with E-state index in [1.807, 2.05) is 13.0 Å². The molecule has 5 heteroatoms. The van der Waals surface area contributed by atoms with E-state index in [0.29, 0.717) is 12.2 Å². The van der Waals surface area contributed by atoms with Crippen molar-refractivity contribution in [2.45, 2.75) is 13.5 Å². The maximum absolute atomic E-state index is 11.6. The third-order valence-corrected chi connectivity index (χ3v) is 2.27. The minimum atomic E-state index is -0.161. The molecule has 0 radical (unpaired) electrons. The molecule has 0 aliphatic carbocycles. The first-order chi connectivity index (χ1) is 8.19. The van der Waals surface area contributed by atoms with Crippen LogP contribution in [0.2, 0.25) is 0 Å². The lowest BCUT2D eigenvalue weighted by Crippen LogP contribution is -2.23. The van der Waals surface area contributed by atoms with E-state index in [4.69, 9.17) is 5.26 Å². The summed E-state index contributed by atoms with van der Waals surface area (Å²) in [5.41, 5.74) is 1.78. The maximum Gasteiger partial charge on any atom is 0.267 e. The van der Waals surface area contributed by atoms with Crippen molar-refractivity contribution in [1.82, 2.24) is 14.8 Å². The highest BCUT2D eigenvalue weighted by molar-refractivity contribution is 5.25. The maximum atomic E-state index is 11.6. The fourth-order valence-corrected chi connectivity index (χ4v) is 1.47. The molecule has 0 aliphatic rings. The lowest BCUT2D eigenvalue weighted by molar-refractivity contribution is 0.628. The van der Waals surface area contributed by atoms with Crippen LogP contribution < -0.4 is 5.56 Å². The quantitative estimate of drug-likeness (QED) is 0.761. The normalized spacial score (nSPS) is 9.88. The van der Waals surface area contributed by atoms with Crippen LogP contribution in [0.5, 0.6) is 0 Å². The Labute approximate surface area is 98.0 Å². The van der Waals surface area contributed by atoms with Crippen LogP contribution in [0.4, 0.5) is 0 Å².